The molecule has 0 saturated heterocycles. The van der Waals surface area contributed by atoms with Crippen molar-refractivity contribution in [2.75, 3.05) is 25.0 Å². The van der Waals surface area contributed by atoms with Crippen molar-refractivity contribution in [3.63, 3.8) is 0 Å². The van der Waals surface area contributed by atoms with Gasteiger partial charge in [-0.15, -0.1) is 0 Å². The Labute approximate surface area is 144 Å². The van der Waals surface area contributed by atoms with E-state index in [-0.39, 0.29) is 0 Å². The van der Waals surface area contributed by atoms with Gasteiger partial charge in [-0.2, -0.15) is 0 Å². The van der Waals surface area contributed by atoms with Gasteiger partial charge in [0.2, 0.25) is 0 Å². The van der Waals surface area contributed by atoms with Crippen molar-refractivity contribution >= 4 is 28.3 Å². The lowest BCUT2D eigenvalue weighted by atomic mass is 10.1. The molecule has 2 aromatic rings. The number of fused-ring (bicyclic) bond motifs is 1. The normalized spacial score (nSPS) is 12.8. The average molecular weight is 336 g/mol. The summed E-state index contributed by atoms with van der Waals surface area (Å²) in [5, 5.41) is 5.29. The third-order valence-electron chi connectivity index (χ3n) is 4.32. The lowest BCUT2D eigenvalue weighted by Crippen LogP contribution is -3.11. The number of benzene rings is 1. The number of aromatic nitrogens is 2. The Hall–Kier alpha value is -1.39. The number of halogens is 1. The van der Waals surface area contributed by atoms with Crippen molar-refractivity contribution in [3.8, 4) is 0 Å². The van der Waals surface area contributed by atoms with Gasteiger partial charge in [-0.3, -0.25) is 0 Å². The van der Waals surface area contributed by atoms with Crippen LogP contribution in [0.4, 0.5) is 5.82 Å². The molecule has 23 heavy (non-hydrogen) atoms. The summed E-state index contributed by atoms with van der Waals surface area (Å²) in [4.78, 5) is 10.7. The molecule has 0 unspecified atom stereocenters. The fraction of sp³-hybridized carbons (Fsp3) is 0.556. The molecule has 0 amide bonds. The van der Waals surface area contributed by atoms with Crippen molar-refractivity contribution in [1.82, 2.24) is 9.97 Å². The molecule has 0 spiro atoms. The van der Waals surface area contributed by atoms with E-state index in [0.29, 0.717) is 11.1 Å². The summed E-state index contributed by atoms with van der Waals surface area (Å²) in [5.41, 5.74) is 0.896. The predicted molar refractivity (Wildman–Crippen MR) is 98.5 cm³/mol. The van der Waals surface area contributed by atoms with E-state index in [0.717, 1.165) is 29.0 Å². The molecule has 0 aliphatic heterocycles. The minimum absolute atomic E-state index is 0.387. The van der Waals surface area contributed by atoms with Crippen molar-refractivity contribution in [1.29, 1.82) is 0 Å². The number of rotatable bonds is 8. The van der Waals surface area contributed by atoms with Gasteiger partial charge in [0.1, 0.15) is 11.6 Å². The third-order valence-corrected chi connectivity index (χ3v) is 4.56. The molecule has 0 radical (unpaired) electrons. The number of nitrogens with zero attached hydrogens (tertiary/aromatic N) is 2. The maximum atomic E-state index is 6.07. The molecule has 126 valence electrons. The van der Waals surface area contributed by atoms with Crippen LogP contribution in [0.3, 0.4) is 0 Å². The molecule has 1 heterocycles. The van der Waals surface area contributed by atoms with Crippen LogP contribution in [0, 0.1) is 6.92 Å². The smallest absolute Gasteiger partial charge is 0.137 e. The van der Waals surface area contributed by atoms with E-state index < -0.39 is 0 Å². The summed E-state index contributed by atoms with van der Waals surface area (Å²) in [6, 6.07) is 6.16. The Bertz CT molecular complexity index is 635. The Morgan fingerprint density at radius 2 is 1.96 bits per heavy atom. The second kappa shape index (κ2) is 8.46. The minimum atomic E-state index is 0.387. The van der Waals surface area contributed by atoms with E-state index in [1.807, 2.05) is 25.1 Å². The van der Waals surface area contributed by atoms with Gasteiger partial charge in [0.15, 0.2) is 0 Å². The van der Waals surface area contributed by atoms with Gasteiger partial charge in [0.05, 0.1) is 25.2 Å². The second-order valence-corrected chi connectivity index (χ2v) is 6.61. The van der Waals surface area contributed by atoms with Gasteiger partial charge >= 0.3 is 0 Å². The fourth-order valence-corrected chi connectivity index (χ4v) is 3.06. The minimum Gasteiger partial charge on any atom is -0.367 e. The zero-order chi connectivity index (χ0) is 16.8. The first-order valence-corrected chi connectivity index (χ1v) is 8.95. The summed E-state index contributed by atoms with van der Waals surface area (Å²) in [5.74, 6) is 1.67. The number of aryl methyl sites for hydroxylation is 1. The first-order valence-electron chi connectivity index (χ1n) is 8.57. The zero-order valence-corrected chi connectivity index (χ0v) is 15.4. The molecular weight excluding hydrogens is 308 g/mol. The molecular formula is C18H28ClN4+. The highest BCUT2D eigenvalue weighted by molar-refractivity contribution is 6.31. The largest absolute Gasteiger partial charge is 0.367 e. The van der Waals surface area contributed by atoms with Crippen molar-refractivity contribution in [2.24, 2.45) is 0 Å². The van der Waals surface area contributed by atoms with Crippen LogP contribution >= 0.6 is 11.6 Å². The summed E-state index contributed by atoms with van der Waals surface area (Å²) < 4.78 is 0. The fourth-order valence-electron chi connectivity index (χ4n) is 2.90. The molecule has 0 bridgehead atoms. The lowest BCUT2D eigenvalue weighted by molar-refractivity contribution is -0.896. The number of hydrogen-bond acceptors (Lipinski definition) is 3. The molecule has 4 nitrogen and oxygen atoms in total. The molecule has 2 N–H and O–H groups in total. The highest BCUT2D eigenvalue weighted by atomic mass is 35.5. The number of anilines is 1. The average Bonchev–Trinajstić information content (AvgIpc) is 2.51. The van der Waals surface area contributed by atoms with Crippen LogP contribution in [0.25, 0.3) is 10.9 Å². The molecule has 0 aliphatic carbocycles. The SMILES string of the molecule is CC[NH+](CC)CCC[C@@H](C)Nc1nc(C)nc2cc(Cl)ccc12. The number of hydrogen-bond donors (Lipinski definition) is 2. The van der Waals surface area contributed by atoms with Crippen molar-refractivity contribution in [3.05, 3.63) is 29.0 Å². The van der Waals surface area contributed by atoms with Gasteiger partial charge < -0.3 is 10.2 Å². The Kier molecular flexibility index (Phi) is 6.60. The Morgan fingerprint density at radius 3 is 2.65 bits per heavy atom. The predicted octanol–water partition coefficient (Wildman–Crippen LogP) is 3.10. The van der Waals surface area contributed by atoms with Gasteiger partial charge in [-0.25, -0.2) is 9.97 Å². The summed E-state index contributed by atoms with van der Waals surface area (Å²) >= 11 is 6.07. The molecule has 1 aromatic heterocycles. The van der Waals surface area contributed by atoms with E-state index in [9.17, 15) is 0 Å². The monoisotopic (exact) mass is 335 g/mol. The van der Waals surface area contributed by atoms with Crippen LogP contribution in [-0.2, 0) is 0 Å². The topological polar surface area (TPSA) is 42.2 Å². The van der Waals surface area contributed by atoms with E-state index in [2.05, 4.69) is 36.1 Å². The van der Waals surface area contributed by atoms with Crippen LogP contribution in [-0.4, -0.2) is 35.6 Å². The van der Waals surface area contributed by atoms with E-state index in [4.69, 9.17) is 11.6 Å². The molecule has 0 saturated carbocycles. The van der Waals surface area contributed by atoms with Crippen molar-refractivity contribution in [2.45, 2.75) is 46.6 Å². The lowest BCUT2D eigenvalue weighted by Gasteiger charge is -2.19. The summed E-state index contributed by atoms with van der Waals surface area (Å²) in [6.45, 7) is 12.3. The summed E-state index contributed by atoms with van der Waals surface area (Å²) in [6.07, 6.45) is 2.36. The van der Waals surface area contributed by atoms with Crippen LogP contribution in [0.1, 0.15) is 39.4 Å². The van der Waals surface area contributed by atoms with Crippen LogP contribution in [0.2, 0.25) is 5.02 Å². The molecule has 0 aliphatic rings. The number of quaternary nitrogens is 1. The van der Waals surface area contributed by atoms with Crippen LogP contribution < -0.4 is 10.2 Å². The van der Waals surface area contributed by atoms with E-state index in [1.165, 1.54) is 26.1 Å². The molecule has 0 fully saturated rings. The first-order chi connectivity index (χ1) is 11.0. The molecule has 2 rings (SSSR count). The summed E-state index contributed by atoms with van der Waals surface area (Å²) in [7, 11) is 0. The van der Waals surface area contributed by atoms with Gasteiger partial charge in [-0.1, -0.05) is 11.6 Å². The first kappa shape index (κ1) is 18.0. The number of nitrogens with one attached hydrogen (secondary N) is 2. The molecule has 1 atom stereocenters. The van der Waals surface area contributed by atoms with Crippen LogP contribution in [0.5, 0.6) is 0 Å². The van der Waals surface area contributed by atoms with E-state index >= 15 is 0 Å². The third kappa shape index (κ3) is 5.05. The quantitative estimate of drug-likeness (QED) is 0.779. The van der Waals surface area contributed by atoms with Crippen LogP contribution in [0.15, 0.2) is 18.2 Å². The maximum Gasteiger partial charge on any atom is 0.137 e. The zero-order valence-electron chi connectivity index (χ0n) is 14.6. The second-order valence-electron chi connectivity index (χ2n) is 6.18. The Morgan fingerprint density at radius 1 is 1.22 bits per heavy atom. The maximum absolute atomic E-state index is 6.07. The standard InChI is InChI=1S/C18H27ClN4/c1-5-23(6-2)11-7-8-13(3)20-18-16-10-9-15(19)12-17(16)21-14(4)22-18/h9-10,12-13H,5-8,11H2,1-4H3,(H,20,21,22)/p+1/t13-/m1/s1. The van der Waals surface area contributed by atoms with Gasteiger partial charge in [-0.05, 0) is 58.7 Å². The molecule has 1 aromatic carbocycles. The molecule has 5 heteroatoms. The highest BCUT2D eigenvalue weighted by Crippen LogP contribution is 2.24. The van der Waals surface area contributed by atoms with Gasteiger partial charge in [0, 0.05) is 16.5 Å². The van der Waals surface area contributed by atoms with Gasteiger partial charge in [0.25, 0.3) is 0 Å². The van der Waals surface area contributed by atoms with E-state index in [1.54, 1.807) is 4.90 Å². The Balaban J connectivity index is 2.03. The highest BCUT2D eigenvalue weighted by Gasteiger charge is 2.10. The van der Waals surface area contributed by atoms with Crippen molar-refractivity contribution < 1.29 is 4.90 Å².